The fourth-order valence-electron chi connectivity index (χ4n) is 0.990. The minimum atomic E-state index is 0. The lowest BCUT2D eigenvalue weighted by Gasteiger charge is -2.16. The number of hydrogen-bond donors (Lipinski definition) is 0. The molecule has 0 unspecified atom stereocenters. The lowest BCUT2D eigenvalue weighted by Crippen LogP contribution is -3.00. The number of allylic oxidation sites excluding steroid dienone is 1. The second-order valence-corrected chi connectivity index (χ2v) is 4.16. The molecule has 0 aliphatic rings. The molecule has 15 heavy (non-hydrogen) atoms. The molecule has 0 fully saturated rings. The van der Waals surface area contributed by atoms with E-state index in [1.54, 1.807) is 6.08 Å². The van der Waals surface area contributed by atoms with Crippen molar-refractivity contribution in [3.8, 4) is 0 Å². The highest BCUT2D eigenvalue weighted by molar-refractivity contribution is 6.04. The zero-order valence-electron chi connectivity index (χ0n) is 9.27. The van der Waals surface area contributed by atoms with Gasteiger partial charge in [-0.05, 0) is 0 Å². The van der Waals surface area contributed by atoms with Crippen LogP contribution in [0.5, 0.6) is 0 Å². The minimum absolute atomic E-state index is 0. The molecule has 1 aromatic carbocycles. The first-order chi connectivity index (χ1) is 6.49. The predicted molar refractivity (Wildman–Crippen MR) is 57.9 cm³/mol. The van der Waals surface area contributed by atoms with Crippen molar-refractivity contribution in [2.75, 3.05) is 21.1 Å². The van der Waals surface area contributed by atoms with Crippen molar-refractivity contribution in [2.24, 2.45) is 0 Å². The molecule has 0 aliphatic carbocycles. The molecular weight excluding hydrogens is 210 g/mol. The number of rotatable bonds is 3. The van der Waals surface area contributed by atoms with Gasteiger partial charge in [-0.3, -0.25) is 4.79 Å². The van der Waals surface area contributed by atoms with Crippen LogP contribution in [0.25, 0.3) is 0 Å². The maximum Gasteiger partial charge on any atom is 0.191 e. The van der Waals surface area contributed by atoms with Gasteiger partial charge in [-0.25, -0.2) is 0 Å². The number of ketones is 1. The first-order valence-electron chi connectivity index (χ1n) is 4.59. The van der Waals surface area contributed by atoms with Crippen LogP contribution in [-0.2, 0) is 0 Å². The highest BCUT2D eigenvalue weighted by atomic mass is 35.5. The first kappa shape index (κ1) is 13.9. The van der Waals surface area contributed by atoms with E-state index in [4.69, 9.17) is 0 Å². The fraction of sp³-hybridized carbons (Fsp3) is 0.250. The zero-order valence-corrected chi connectivity index (χ0v) is 10.0. The molecule has 0 aromatic heterocycles. The van der Waals surface area contributed by atoms with Crippen LogP contribution in [0, 0.1) is 0 Å². The van der Waals surface area contributed by atoms with Gasteiger partial charge in [0.1, 0.15) is 0 Å². The summed E-state index contributed by atoms with van der Waals surface area (Å²) < 4.78 is 0.651. The van der Waals surface area contributed by atoms with Crippen molar-refractivity contribution in [3.05, 3.63) is 48.2 Å². The Bertz CT molecular complexity index is 338. The maximum atomic E-state index is 11.6. The monoisotopic (exact) mass is 225 g/mol. The van der Waals surface area contributed by atoms with Gasteiger partial charge in [-0.1, -0.05) is 30.3 Å². The Kier molecular flexibility index (Phi) is 5.26. The lowest BCUT2D eigenvalue weighted by molar-refractivity contribution is -0.817. The van der Waals surface area contributed by atoms with E-state index in [9.17, 15) is 4.79 Å². The van der Waals surface area contributed by atoms with E-state index >= 15 is 0 Å². The normalized spacial score (nSPS) is 11.1. The minimum Gasteiger partial charge on any atom is -1.00 e. The summed E-state index contributed by atoms with van der Waals surface area (Å²) in [7, 11) is 6.03. The van der Waals surface area contributed by atoms with Gasteiger partial charge in [0.2, 0.25) is 0 Å². The summed E-state index contributed by atoms with van der Waals surface area (Å²) in [4.78, 5) is 11.6. The largest absolute Gasteiger partial charge is 1.00 e. The Morgan fingerprint density at radius 2 is 1.67 bits per heavy atom. The Labute approximate surface area is 97.2 Å². The molecule has 3 heteroatoms. The van der Waals surface area contributed by atoms with Crippen LogP contribution in [0.2, 0.25) is 0 Å². The van der Waals surface area contributed by atoms with E-state index in [1.807, 2.05) is 57.7 Å². The number of carbonyl (C=O) groups is 1. The first-order valence-corrected chi connectivity index (χ1v) is 4.59. The second kappa shape index (κ2) is 5.69. The van der Waals surface area contributed by atoms with Crippen LogP contribution in [0.3, 0.4) is 0 Å². The van der Waals surface area contributed by atoms with E-state index in [-0.39, 0.29) is 18.2 Å². The Balaban J connectivity index is 0.00000196. The third kappa shape index (κ3) is 5.35. The summed E-state index contributed by atoms with van der Waals surface area (Å²) in [5.41, 5.74) is 0.734. The van der Waals surface area contributed by atoms with Gasteiger partial charge in [0.25, 0.3) is 0 Å². The number of halogens is 1. The summed E-state index contributed by atoms with van der Waals surface area (Å²) >= 11 is 0. The highest BCUT2D eigenvalue weighted by Gasteiger charge is 2.04. The van der Waals surface area contributed by atoms with Crippen LogP contribution >= 0.6 is 0 Å². The van der Waals surface area contributed by atoms with E-state index in [0.29, 0.717) is 4.48 Å². The molecule has 0 heterocycles. The third-order valence-electron chi connectivity index (χ3n) is 1.73. The van der Waals surface area contributed by atoms with Gasteiger partial charge in [-0.15, -0.1) is 0 Å². The average molecular weight is 226 g/mol. The summed E-state index contributed by atoms with van der Waals surface area (Å²) in [6, 6.07) is 9.28. The summed E-state index contributed by atoms with van der Waals surface area (Å²) in [6.07, 6.45) is 3.49. The number of hydrogen-bond acceptors (Lipinski definition) is 1. The summed E-state index contributed by atoms with van der Waals surface area (Å²) in [6.45, 7) is 0. The van der Waals surface area contributed by atoms with Crippen molar-refractivity contribution in [1.82, 2.24) is 0 Å². The molecule has 0 saturated heterocycles. The summed E-state index contributed by atoms with van der Waals surface area (Å²) in [5, 5.41) is 0. The van der Waals surface area contributed by atoms with Crippen LogP contribution in [0.1, 0.15) is 10.4 Å². The van der Waals surface area contributed by atoms with Crippen molar-refractivity contribution in [1.29, 1.82) is 0 Å². The Morgan fingerprint density at radius 3 is 2.13 bits per heavy atom. The number of benzene rings is 1. The van der Waals surface area contributed by atoms with Crippen LogP contribution in [0.15, 0.2) is 42.6 Å². The van der Waals surface area contributed by atoms with Crippen molar-refractivity contribution < 1.29 is 21.7 Å². The van der Waals surface area contributed by atoms with E-state index in [0.717, 1.165) is 5.56 Å². The molecule has 1 rings (SSSR count). The van der Waals surface area contributed by atoms with Gasteiger partial charge in [0.15, 0.2) is 5.78 Å². The predicted octanol–water partition coefficient (Wildman–Crippen LogP) is -0.907. The molecule has 0 spiro atoms. The van der Waals surface area contributed by atoms with Crippen LogP contribution < -0.4 is 12.4 Å². The third-order valence-corrected chi connectivity index (χ3v) is 1.73. The quantitative estimate of drug-likeness (QED) is 0.370. The average Bonchev–Trinajstić information content (AvgIpc) is 2.14. The molecule has 0 bridgehead atoms. The topological polar surface area (TPSA) is 17.1 Å². The Hall–Kier alpha value is -1.12. The molecule has 0 atom stereocenters. The number of carbonyl (C=O) groups excluding carboxylic acids is 1. The maximum absolute atomic E-state index is 11.6. The van der Waals surface area contributed by atoms with Gasteiger partial charge < -0.3 is 16.9 Å². The Morgan fingerprint density at radius 1 is 1.13 bits per heavy atom. The molecule has 82 valence electrons. The van der Waals surface area contributed by atoms with Crippen LogP contribution in [-0.4, -0.2) is 31.4 Å². The van der Waals surface area contributed by atoms with Gasteiger partial charge in [-0.2, -0.15) is 0 Å². The van der Waals surface area contributed by atoms with Crippen molar-refractivity contribution >= 4 is 5.78 Å². The molecule has 0 radical (unpaired) electrons. The van der Waals surface area contributed by atoms with Gasteiger partial charge >= 0.3 is 0 Å². The van der Waals surface area contributed by atoms with Gasteiger partial charge in [0.05, 0.1) is 27.3 Å². The molecule has 0 aliphatic heterocycles. The fourth-order valence-corrected chi connectivity index (χ4v) is 0.990. The second-order valence-electron chi connectivity index (χ2n) is 4.16. The molecule has 0 saturated carbocycles. The molecule has 2 nitrogen and oxygen atoms in total. The van der Waals surface area contributed by atoms with Crippen molar-refractivity contribution in [3.63, 3.8) is 0 Å². The smallest absolute Gasteiger partial charge is 0.191 e. The zero-order chi connectivity index (χ0) is 10.6. The van der Waals surface area contributed by atoms with E-state index < -0.39 is 0 Å². The highest BCUT2D eigenvalue weighted by Crippen LogP contribution is 2.02. The van der Waals surface area contributed by atoms with E-state index in [1.165, 1.54) is 0 Å². The molecule has 0 N–H and O–H groups in total. The number of nitrogens with zero attached hydrogens (tertiary/aromatic N) is 1. The number of quaternary nitrogens is 1. The standard InChI is InChI=1S/C12H16NO.ClH/c1-13(2,3)10-9-12(14)11-7-5-4-6-8-11;/h4-10H,1-3H3;1H/q+1;/p-1/b10-9+;. The summed E-state index contributed by atoms with van der Waals surface area (Å²) in [5.74, 6) is 0.0543. The molecule has 0 amide bonds. The lowest BCUT2D eigenvalue weighted by atomic mass is 10.1. The molecule has 1 aromatic rings. The SMILES string of the molecule is C[N+](C)(C)/C=C/C(=O)c1ccccc1.[Cl-]. The van der Waals surface area contributed by atoms with E-state index in [2.05, 4.69) is 0 Å². The molecular formula is C12H16ClNO. The van der Waals surface area contributed by atoms with Gasteiger partial charge in [0, 0.05) is 11.6 Å². The van der Waals surface area contributed by atoms with Crippen molar-refractivity contribution in [2.45, 2.75) is 0 Å². The van der Waals surface area contributed by atoms with Crippen LogP contribution in [0.4, 0.5) is 0 Å².